The summed E-state index contributed by atoms with van der Waals surface area (Å²) in [5, 5.41) is 10.3. The van der Waals surface area contributed by atoms with Crippen LogP contribution >= 0.6 is 11.3 Å². The number of thiophene rings is 1. The minimum Gasteiger partial charge on any atom is -0.354 e. The van der Waals surface area contributed by atoms with Crippen molar-refractivity contribution in [2.45, 2.75) is 25.3 Å². The number of hydrogen-bond acceptors (Lipinski definition) is 3. The van der Waals surface area contributed by atoms with Gasteiger partial charge in [-0.05, 0) is 48.2 Å². The van der Waals surface area contributed by atoms with Gasteiger partial charge in [-0.1, -0.05) is 0 Å². The Bertz CT molecular complexity index is 304. The molecule has 1 aliphatic rings. The summed E-state index contributed by atoms with van der Waals surface area (Å²) in [7, 11) is 0. The van der Waals surface area contributed by atoms with E-state index < -0.39 is 0 Å². The fourth-order valence-corrected chi connectivity index (χ4v) is 2.50. The summed E-state index contributed by atoms with van der Waals surface area (Å²) < 4.78 is 0. The normalized spacial score (nSPS) is 20.4. The molecule has 0 bridgehead atoms. The van der Waals surface area contributed by atoms with Crippen LogP contribution in [0.25, 0.3) is 0 Å². The largest absolute Gasteiger partial charge is 0.354 e. The summed E-state index contributed by atoms with van der Waals surface area (Å²) in [6.45, 7) is 1.72. The van der Waals surface area contributed by atoms with E-state index in [1.807, 2.05) is 0 Å². The van der Waals surface area contributed by atoms with Crippen molar-refractivity contribution in [3.05, 3.63) is 22.4 Å². The molecule has 1 aromatic rings. The van der Waals surface area contributed by atoms with E-state index in [9.17, 15) is 4.79 Å². The summed E-state index contributed by atoms with van der Waals surface area (Å²) >= 11 is 1.70. The highest BCUT2D eigenvalue weighted by Crippen LogP contribution is 2.07. The second kappa shape index (κ2) is 5.28. The van der Waals surface area contributed by atoms with Gasteiger partial charge in [-0.25, -0.2) is 0 Å². The van der Waals surface area contributed by atoms with Crippen LogP contribution in [0.4, 0.5) is 0 Å². The van der Waals surface area contributed by atoms with Crippen molar-refractivity contribution in [3.8, 4) is 0 Å². The fourth-order valence-electron chi connectivity index (χ4n) is 1.80. The van der Waals surface area contributed by atoms with E-state index in [0.29, 0.717) is 0 Å². The molecular weight excluding hydrogens is 208 g/mol. The second-order valence-corrected chi connectivity index (χ2v) is 4.60. The van der Waals surface area contributed by atoms with E-state index in [1.165, 1.54) is 5.56 Å². The monoisotopic (exact) mass is 224 g/mol. The maximum Gasteiger partial charge on any atom is 0.237 e. The lowest BCUT2D eigenvalue weighted by Crippen LogP contribution is -2.41. The van der Waals surface area contributed by atoms with Crippen LogP contribution in [-0.2, 0) is 11.2 Å². The van der Waals surface area contributed by atoms with E-state index >= 15 is 0 Å². The molecule has 2 heterocycles. The number of amides is 1. The maximum atomic E-state index is 11.6. The van der Waals surface area contributed by atoms with Crippen LogP contribution in [0.15, 0.2) is 16.8 Å². The lowest BCUT2D eigenvalue weighted by atomic mass is 10.2. The van der Waals surface area contributed by atoms with Crippen LogP contribution < -0.4 is 10.6 Å². The van der Waals surface area contributed by atoms with Gasteiger partial charge in [0.15, 0.2) is 0 Å². The molecule has 0 aromatic carbocycles. The molecule has 2 rings (SSSR count). The fraction of sp³-hybridized carbons (Fsp3) is 0.545. The molecule has 1 amide bonds. The Hall–Kier alpha value is -0.870. The minimum absolute atomic E-state index is 0.0486. The van der Waals surface area contributed by atoms with Gasteiger partial charge in [0.2, 0.25) is 5.91 Å². The molecule has 0 radical (unpaired) electrons. The highest BCUT2D eigenvalue weighted by Gasteiger charge is 2.20. The van der Waals surface area contributed by atoms with Crippen molar-refractivity contribution < 1.29 is 4.79 Å². The zero-order valence-corrected chi connectivity index (χ0v) is 9.48. The minimum atomic E-state index is 0.0486. The number of carbonyl (C=O) groups excluding carboxylic acids is 1. The van der Waals surface area contributed by atoms with Gasteiger partial charge in [0, 0.05) is 6.54 Å². The van der Waals surface area contributed by atoms with E-state index in [1.54, 1.807) is 11.3 Å². The predicted molar refractivity (Wildman–Crippen MR) is 62.1 cm³/mol. The first-order valence-corrected chi connectivity index (χ1v) is 6.33. The smallest absolute Gasteiger partial charge is 0.237 e. The number of nitrogens with one attached hydrogen (secondary N) is 2. The van der Waals surface area contributed by atoms with Crippen LogP contribution in [0.2, 0.25) is 0 Å². The van der Waals surface area contributed by atoms with Crippen LogP contribution in [-0.4, -0.2) is 25.0 Å². The standard InChI is InChI=1S/C11H16N2OS/c14-11(10-2-1-5-12-10)13-6-3-9-4-7-15-8-9/h4,7-8,10,12H,1-3,5-6H2,(H,13,14)/t10-/m1/s1. The van der Waals surface area contributed by atoms with E-state index in [-0.39, 0.29) is 11.9 Å². The molecule has 15 heavy (non-hydrogen) atoms. The number of carbonyl (C=O) groups is 1. The molecular formula is C11H16N2OS. The van der Waals surface area contributed by atoms with Crippen molar-refractivity contribution >= 4 is 17.2 Å². The van der Waals surface area contributed by atoms with E-state index in [0.717, 1.165) is 32.4 Å². The van der Waals surface area contributed by atoms with Crippen molar-refractivity contribution in [1.82, 2.24) is 10.6 Å². The molecule has 2 N–H and O–H groups in total. The van der Waals surface area contributed by atoms with Gasteiger partial charge >= 0.3 is 0 Å². The quantitative estimate of drug-likeness (QED) is 0.806. The van der Waals surface area contributed by atoms with Gasteiger partial charge in [0.25, 0.3) is 0 Å². The molecule has 1 fully saturated rings. The molecule has 1 atom stereocenters. The molecule has 82 valence electrons. The van der Waals surface area contributed by atoms with Gasteiger partial charge in [0.05, 0.1) is 6.04 Å². The number of hydrogen-bond donors (Lipinski definition) is 2. The van der Waals surface area contributed by atoms with Crippen LogP contribution in [0.1, 0.15) is 18.4 Å². The Morgan fingerprint density at radius 3 is 3.27 bits per heavy atom. The van der Waals surface area contributed by atoms with E-state index in [4.69, 9.17) is 0 Å². The Morgan fingerprint density at radius 2 is 2.60 bits per heavy atom. The molecule has 1 aromatic heterocycles. The Balaban J connectivity index is 1.67. The topological polar surface area (TPSA) is 41.1 Å². The van der Waals surface area contributed by atoms with Crippen molar-refractivity contribution in [1.29, 1.82) is 0 Å². The maximum absolute atomic E-state index is 11.6. The van der Waals surface area contributed by atoms with E-state index in [2.05, 4.69) is 27.5 Å². The Morgan fingerprint density at radius 1 is 1.67 bits per heavy atom. The van der Waals surface area contributed by atoms with Crippen molar-refractivity contribution in [2.24, 2.45) is 0 Å². The summed E-state index contributed by atoms with van der Waals surface area (Å²) in [6, 6.07) is 2.15. The number of rotatable bonds is 4. The first-order valence-electron chi connectivity index (χ1n) is 5.38. The first-order chi connectivity index (χ1) is 7.36. The van der Waals surface area contributed by atoms with Crippen LogP contribution in [0.3, 0.4) is 0 Å². The summed E-state index contributed by atoms with van der Waals surface area (Å²) in [5.74, 6) is 0.155. The third-order valence-electron chi connectivity index (χ3n) is 2.67. The third-order valence-corrected chi connectivity index (χ3v) is 3.40. The summed E-state index contributed by atoms with van der Waals surface area (Å²) in [4.78, 5) is 11.6. The molecule has 4 heteroatoms. The molecule has 3 nitrogen and oxygen atoms in total. The molecule has 0 saturated carbocycles. The second-order valence-electron chi connectivity index (χ2n) is 3.82. The average molecular weight is 224 g/mol. The SMILES string of the molecule is O=C(NCCc1ccsc1)[C@H]1CCCN1. The molecule has 1 saturated heterocycles. The summed E-state index contributed by atoms with van der Waals surface area (Å²) in [5.41, 5.74) is 1.31. The highest BCUT2D eigenvalue weighted by molar-refractivity contribution is 7.07. The lowest BCUT2D eigenvalue weighted by Gasteiger charge is -2.10. The van der Waals surface area contributed by atoms with Gasteiger partial charge in [-0.15, -0.1) is 0 Å². The van der Waals surface area contributed by atoms with Gasteiger partial charge in [0.1, 0.15) is 0 Å². The first kappa shape index (κ1) is 10.6. The van der Waals surface area contributed by atoms with Gasteiger partial charge < -0.3 is 10.6 Å². The molecule has 0 spiro atoms. The average Bonchev–Trinajstić information content (AvgIpc) is 2.90. The molecule has 1 aliphatic heterocycles. The highest BCUT2D eigenvalue weighted by atomic mass is 32.1. The van der Waals surface area contributed by atoms with Gasteiger partial charge in [-0.2, -0.15) is 11.3 Å². The molecule has 0 unspecified atom stereocenters. The lowest BCUT2D eigenvalue weighted by molar-refractivity contribution is -0.122. The third kappa shape index (κ3) is 3.04. The van der Waals surface area contributed by atoms with Crippen LogP contribution in [0, 0.1) is 0 Å². The Kier molecular flexibility index (Phi) is 3.75. The Labute approximate surface area is 93.9 Å². The summed E-state index contributed by atoms with van der Waals surface area (Å²) in [6.07, 6.45) is 3.02. The van der Waals surface area contributed by atoms with Crippen LogP contribution in [0.5, 0.6) is 0 Å². The molecule has 0 aliphatic carbocycles. The zero-order chi connectivity index (χ0) is 10.5. The van der Waals surface area contributed by atoms with Crippen molar-refractivity contribution in [3.63, 3.8) is 0 Å². The zero-order valence-electron chi connectivity index (χ0n) is 8.66. The predicted octanol–water partition coefficient (Wildman–Crippen LogP) is 1.16. The van der Waals surface area contributed by atoms with Gasteiger partial charge in [-0.3, -0.25) is 4.79 Å². The van der Waals surface area contributed by atoms with Crippen molar-refractivity contribution in [2.75, 3.05) is 13.1 Å².